The van der Waals surface area contributed by atoms with Crippen molar-refractivity contribution in [3.8, 4) is 11.8 Å². The quantitative estimate of drug-likeness (QED) is 0.463. The second-order valence-electron chi connectivity index (χ2n) is 5.94. The van der Waals surface area contributed by atoms with Crippen molar-refractivity contribution in [2.24, 2.45) is 0 Å². The summed E-state index contributed by atoms with van der Waals surface area (Å²) in [7, 11) is 0. The Kier molecular flexibility index (Phi) is 4.33. The molecule has 0 fully saturated rings. The molecule has 0 atom stereocenters. The van der Waals surface area contributed by atoms with E-state index in [-0.39, 0.29) is 27.3 Å². The van der Waals surface area contributed by atoms with Crippen molar-refractivity contribution in [2.75, 3.05) is 16.0 Å². The van der Waals surface area contributed by atoms with E-state index in [1.54, 1.807) is 18.2 Å². The van der Waals surface area contributed by atoms with Gasteiger partial charge in [0.2, 0.25) is 0 Å². The predicted octanol–water partition coefficient (Wildman–Crippen LogP) is 4.61. The standard InChI is InChI=1S/C19H11BrFN5O2/c20-10-6-11(21)14(7-16(10)27)24-13-3-4-23-18-17(13)19(28)26-15-5-9(8-22)1-2-12(15)25-18/h1-7,27H,(H,26,28)(H2,23,24,25). The summed E-state index contributed by atoms with van der Waals surface area (Å²) in [5, 5.41) is 27.5. The third-order valence-corrected chi connectivity index (χ3v) is 4.77. The van der Waals surface area contributed by atoms with E-state index >= 15 is 0 Å². The number of hydrogen-bond donors (Lipinski definition) is 4. The lowest BCUT2D eigenvalue weighted by atomic mass is 10.1. The highest BCUT2D eigenvalue weighted by atomic mass is 79.9. The molecular weight excluding hydrogens is 429 g/mol. The number of hydrogen-bond acceptors (Lipinski definition) is 6. The number of carbonyl (C=O) groups is 1. The van der Waals surface area contributed by atoms with Gasteiger partial charge >= 0.3 is 0 Å². The summed E-state index contributed by atoms with van der Waals surface area (Å²) in [6.07, 6.45) is 1.46. The van der Waals surface area contributed by atoms with Crippen LogP contribution in [-0.4, -0.2) is 16.0 Å². The smallest absolute Gasteiger partial charge is 0.261 e. The number of pyridine rings is 1. The van der Waals surface area contributed by atoms with Crippen LogP contribution >= 0.6 is 15.9 Å². The number of aromatic hydroxyl groups is 1. The zero-order chi connectivity index (χ0) is 19.8. The van der Waals surface area contributed by atoms with E-state index in [9.17, 15) is 14.3 Å². The van der Waals surface area contributed by atoms with Crippen LogP contribution in [0.2, 0.25) is 0 Å². The average Bonchev–Trinajstić information content (AvgIpc) is 2.81. The van der Waals surface area contributed by atoms with E-state index in [0.29, 0.717) is 22.6 Å². The number of fused-ring (bicyclic) bond motifs is 2. The van der Waals surface area contributed by atoms with Crippen molar-refractivity contribution in [1.82, 2.24) is 4.98 Å². The van der Waals surface area contributed by atoms with E-state index in [1.165, 1.54) is 18.3 Å². The second-order valence-corrected chi connectivity index (χ2v) is 6.80. The highest BCUT2D eigenvalue weighted by Crippen LogP contribution is 2.37. The normalized spacial score (nSPS) is 12.0. The minimum absolute atomic E-state index is 0.00423. The van der Waals surface area contributed by atoms with Crippen LogP contribution in [0.4, 0.5) is 33.0 Å². The molecular formula is C19H11BrFN5O2. The highest BCUT2D eigenvalue weighted by Gasteiger charge is 2.24. The van der Waals surface area contributed by atoms with E-state index in [1.807, 2.05) is 6.07 Å². The number of benzene rings is 2. The van der Waals surface area contributed by atoms with Crippen LogP contribution < -0.4 is 16.0 Å². The summed E-state index contributed by atoms with van der Waals surface area (Å²) in [6.45, 7) is 0. The molecule has 2 aromatic carbocycles. The van der Waals surface area contributed by atoms with Gasteiger partial charge in [-0.1, -0.05) is 0 Å². The van der Waals surface area contributed by atoms with E-state index in [4.69, 9.17) is 5.26 Å². The molecule has 1 aromatic heterocycles. The maximum absolute atomic E-state index is 14.3. The SMILES string of the molecule is N#Cc1ccc2c(c1)NC(=O)c1c(Nc3cc(O)c(Br)cc3F)ccnc1N2. The van der Waals surface area contributed by atoms with Crippen LogP contribution in [0.25, 0.3) is 0 Å². The fourth-order valence-corrected chi connectivity index (χ4v) is 3.12. The summed E-state index contributed by atoms with van der Waals surface area (Å²) in [4.78, 5) is 17.0. The first-order valence-electron chi connectivity index (χ1n) is 8.03. The predicted molar refractivity (Wildman–Crippen MR) is 106 cm³/mol. The molecule has 2 heterocycles. The Morgan fingerprint density at radius 3 is 2.75 bits per heavy atom. The van der Waals surface area contributed by atoms with Gasteiger partial charge in [-0.25, -0.2) is 9.37 Å². The molecule has 28 heavy (non-hydrogen) atoms. The zero-order valence-corrected chi connectivity index (χ0v) is 15.6. The Hall–Kier alpha value is -3.64. The van der Waals surface area contributed by atoms with Crippen molar-refractivity contribution in [3.05, 3.63) is 64.0 Å². The maximum atomic E-state index is 14.3. The monoisotopic (exact) mass is 439 g/mol. The lowest BCUT2D eigenvalue weighted by Crippen LogP contribution is -2.14. The lowest BCUT2D eigenvalue weighted by Gasteiger charge is -2.14. The Labute approximate surface area is 167 Å². The van der Waals surface area contributed by atoms with Crippen LogP contribution in [0.3, 0.4) is 0 Å². The molecule has 4 N–H and O–H groups in total. The van der Waals surface area contributed by atoms with Crippen molar-refractivity contribution < 1.29 is 14.3 Å². The minimum Gasteiger partial charge on any atom is -0.507 e. The number of phenolic OH excluding ortho intramolecular Hbond substituents is 1. The number of anilines is 5. The largest absolute Gasteiger partial charge is 0.507 e. The Morgan fingerprint density at radius 2 is 1.96 bits per heavy atom. The van der Waals surface area contributed by atoms with Gasteiger partial charge in [-0.2, -0.15) is 5.26 Å². The second kappa shape index (κ2) is 6.83. The highest BCUT2D eigenvalue weighted by molar-refractivity contribution is 9.10. The minimum atomic E-state index is -0.612. The fourth-order valence-electron chi connectivity index (χ4n) is 2.81. The summed E-state index contributed by atoms with van der Waals surface area (Å²) in [5.41, 5.74) is 1.85. The van der Waals surface area contributed by atoms with Crippen LogP contribution in [0.1, 0.15) is 15.9 Å². The molecule has 0 saturated heterocycles. The Balaban J connectivity index is 1.77. The van der Waals surface area contributed by atoms with Crippen molar-refractivity contribution in [3.63, 3.8) is 0 Å². The zero-order valence-electron chi connectivity index (χ0n) is 14.0. The summed E-state index contributed by atoms with van der Waals surface area (Å²) >= 11 is 3.05. The van der Waals surface area contributed by atoms with Gasteiger partial charge < -0.3 is 21.1 Å². The molecule has 0 bridgehead atoms. The summed E-state index contributed by atoms with van der Waals surface area (Å²) in [6, 6.07) is 10.7. The van der Waals surface area contributed by atoms with Gasteiger partial charge in [-0.05, 0) is 46.3 Å². The fraction of sp³-hybridized carbons (Fsp3) is 0. The van der Waals surface area contributed by atoms with Crippen molar-refractivity contribution in [1.29, 1.82) is 5.26 Å². The number of nitrogens with one attached hydrogen (secondary N) is 3. The van der Waals surface area contributed by atoms with Gasteiger partial charge in [0.05, 0.1) is 38.9 Å². The number of amides is 1. The molecule has 1 aliphatic rings. The van der Waals surface area contributed by atoms with Gasteiger partial charge in [0.1, 0.15) is 22.9 Å². The Morgan fingerprint density at radius 1 is 1.14 bits per heavy atom. The van der Waals surface area contributed by atoms with Gasteiger partial charge in [0.15, 0.2) is 0 Å². The number of carbonyl (C=O) groups excluding carboxylic acids is 1. The Bertz CT molecular complexity index is 1180. The van der Waals surface area contributed by atoms with Crippen LogP contribution in [0.5, 0.6) is 5.75 Å². The molecule has 1 aliphatic heterocycles. The molecule has 0 spiro atoms. The number of phenols is 1. The molecule has 7 nitrogen and oxygen atoms in total. The molecule has 3 aromatic rings. The maximum Gasteiger partial charge on any atom is 0.261 e. The van der Waals surface area contributed by atoms with Gasteiger partial charge in [0, 0.05) is 12.3 Å². The topological polar surface area (TPSA) is 110 Å². The van der Waals surface area contributed by atoms with E-state index < -0.39 is 11.7 Å². The molecule has 138 valence electrons. The molecule has 0 radical (unpaired) electrons. The molecule has 4 rings (SSSR count). The van der Waals surface area contributed by atoms with Crippen LogP contribution in [0, 0.1) is 17.1 Å². The van der Waals surface area contributed by atoms with Crippen LogP contribution in [0.15, 0.2) is 47.1 Å². The number of nitriles is 1. The summed E-state index contributed by atoms with van der Waals surface area (Å²) < 4.78 is 14.5. The number of nitrogens with zero attached hydrogens (tertiary/aromatic N) is 2. The molecule has 9 heteroatoms. The number of halogens is 2. The first kappa shape index (κ1) is 17.8. The molecule has 0 aliphatic carbocycles. The van der Waals surface area contributed by atoms with Crippen molar-refractivity contribution in [2.45, 2.75) is 0 Å². The molecule has 0 saturated carbocycles. The van der Waals surface area contributed by atoms with Gasteiger partial charge in [-0.3, -0.25) is 4.79 Å². The van der Waals surface area contributed by atoms with Crippen LogP contribution in [-0.2, 0) is 0 Å². The van der Waals surface area contributed by atoms with Crippen molar-refractivity contribution >= 4 is 50.4 Å². The number of aromatic nitrogens is 1. The molecule has 1 amide bonds. The number of rotatable bonds is 2. The summed E-state index contributed by atoms with van der Waals surface area (Å²) in [5.74, 6) is -0.969. The third kappa shape index (κ3) is 3.10. The molecule has 0 unspecified atom stereocenters. The van der Waals surface area contributed by atoms with E-state index in [2.05, 4.69) is 36.9 Å². The van der Waals surface area contributed by atoms with Gasteiger partial charge in [-0.15, -0.1) is 0 Å². The van der Waals surface area contributed by atoms with E-state index in [0.717, 1.165) is 6.07 Å². The average molecular weight is 440 g/mol. The first-order chi connectivity index (χ1) is 13.5. The van der Waals surface area contributed by atoms with Gasteiger partial charge in [0.25, 0.3) is 5.91 Å². The third-order valence-electron chi connectivity index (χ3n) is 4.13. The first-order valence-corrected chi connectivity index (χ1v) is 8.82. The lowest BCUT2D eigenvalue weighted by molar-refractivity contribution is 0.102.